The third kappa shape index (κ3) is 3.47. The van der Waals surface area contributed by atoms with Gasteiger partial charge in [-0.3, -0.25) is 4.79 Å². The number of phenols is 1. The Morgan fingerprint density at radius 1 is 0.833 bits per heavy atom. The molecule has 2 N–H and O–H groups in total. The second-order valence-corrected chi connectivity index (χ2v) is 9.75. The third-order valence-electron chi connectivity index (χ3n) is 7.58. The molecule has 1 atom stereocenters. The zero-order chi connectivity index (χ0) is 24.9. The van der Waals surface area contributed by atoms with E-state index in [1.165, 1.54) is 34.4 Å². The van der Waals surface area contributed by atoms with Gasteiger partial charge >= 0.3 is 5.97 Å². The minimum Gasteiger partial charge on any atom is -0.507 e. The monoisotopic (exact) mass is 475 g/mol. The predicted octanol–water partition coefficient (Wildman–Crippen LogP) is 6.24. The molecule has 0 spiro atoms. The number of ether oxygens (including phenoxy) is 1. The second kappa shape index (κ2) is 8.38. The molecule has 7 rings (SSSR count). The molecular weight excluding hydrogens is 450 g/mol. The van der Waals surface area contributed by atoms with Gasteiger partial charge in [0.25, 0.3) is 0 Å². The molecule has 0 aromatic heterocycles. The number of carbonyl (C=O) groups excluding carboxylic acids is 2. The first-order valence-corrected chi connectivity index (χ1v) is 12.0. The highest BCUT2D eigenvalue weighted by Gasteiger charge is 2.53. The molecule has 4 aromatic carbocycles. The van der Waals surface area contributed by atoms with E-state index in [2.05, 4.69) is 41.7 Å². The number of fused-ring (bicyclic) bond motifs is 1. The Morgan fingerprint density at radius 3 is 2.03 bits per heavy atom. The average molecular weight is 476 g/mol. The molecule has 2 bridgehead atoms. The average Bonchev–Trinajstić information content (AvgIpc) is 2.89. The summed E-state index contributed by atoms with van der Waals surface area (Å²) in [6, 6.07) is 30.0. The predicted molar refractivity (Wildman–Crippen MR) is 137 cm³/mol. The topological polar surface area (TPSA) is 75.6 Å². The van der Waals surface area contributed by atoms with Crippen LogP contribution < -0.4 is 10.1 Å². The number of para-hydroxylation sites is 1. The number of anilines is 1. The van der Waals surface area contributed by atoms with Crippen LogP contribution in [0.4, 0.5) is 5.69 Å². The molecule has 0 saturated heterocycles. The Morgan fingerprint density at radius 2 is 1.42 bits per heavy atom. The summed E-state index contributed by atoms with van der Waals surface area (Å²) >= 11 is 0. The molecule has 0 saturated carbocycles. The van der Waals surface area contributed by atoms with Gasteiger partial charge in [-0.15, -0.1) is 0 Å². The number of nitrogens with one attached hydrogen (secondary N) is 1. The summed E-state index contributed by atoms with van der Waals surface area (Å²) in [4.78, 5) is 26.3. The lowest BCUT2D eigenvalue weighted by Gasteiger charge is -2.50. The molecular formula is C31H25NO4. The van der Waals surface area contributed by atoms with E-state index in [1.54, 1.807) is 30.3 Å². The smallest absolute Gasteiger partial charge is 0.347 e. The molecule has 1 unspecified atom stereocenters. The number of aromatic hydroxyl groups is 1. The van der Waals surface area contributed by atoms with E-state index in [9.17, 15) is 14.7 Å². The van der Waals surface area contributed by atoms with E-state index in [0.717, 1.165) is 0 Å². The van der Waals surface area contributed by atoms with Crippen molar-refractivity contribution in [1.29, 1.82) is 0 Å². The molecule has 0 radical (unpaired) electrons. The fraction of sp³-hybridized carbons (Fsp3) is 0.161. The zero-order valence-corrected chi connectivity index (χ0v) is 19.8. The first-order chi connectivity index (χ1) is 17.5. The first kappa shape index (κ1) is 22.1. The van der Waals surface area contributed by atoms with Crippen LogP contribution in [0.25, 0.3) is 0 Å². The van der Waals surface area contributed by atoms with Crippen molar-refractivity contribution in [2.75, 3.05) is 5.32 Å². The normalized spacial score (nSPS) is 21.2. The Bertz CT molecular complexity index is 1450. The fourth-order valence-corrected chi connectivity index (χ4v) is 5.90. The Balaban J connectivity index is 1.27. The minimum atomic E-state index is -0.673. The van der Waals surface area contributed by atoms with Crippen molar-refractivity contribution >= 4 is 17.6 Å². The number of carbonyl (C=O) groups is 2. The van der Waals surface area contributed by atoms with Crippen LogP contribution in [0, 0.1) is 5.41 Å². The summed E-state index contributed by atoms with van der Waals surface area (Å²) in [5.41, 5.74) is 4.78. The van der Waals surface area contributed by atoms with Crippen molar-refractivity contribution < 1.29 is 19.4 Å². The highest BCUT2D eigenvalue weighted by molar-refractivity contribution is 5.99. The summed E-state index contributed by atoms with van der Waals surface area (Å²) in [5, 5.41) is 13.5. The van der Waals surface area contributed by atoms with Crippen LogP contribution in [0.2, 0.25) is 0 Å². The molecule has 4 aromatic rings. The lowest BCUT2D eigenvalue weighted by Crippen LogP contribution is -2.47. The van der Waals surface area contributed by atoms with Gasteiger partial charge in [-0.25, -0.2) is 4.79 Å². The number of hydrogen-bond acceptors (Lipinski definition) is 4. The summed E-state index contributed by atoms with van der Waals surface area (Å²) in [7, 11) is 0. The van der Waals surface area contributed by atoms with Crippen LogP contribution in [0.15, 0.2) is 97.1 Å². The quantitative estimate of drug-likeness (QED) is 0.271. The van der Waals surface area contributed by atoms with Crippen LogP contribution in [0.3, 0.4) is 0 Å². The summed E-state index contributed by atoms with van der Waals surface area (Å²) in [6.45, 7) is 2.03. The molecule has 5 heteroatoms. The first-order valence-electron chi connectivity index (χ1n) is 12.0. The number of rotatable bonds is 4. The lowest BCUT2D eigenvalue weighted by atomic mass is 9.52. The van der Waals surface area contributed by atoms with Gasteiger partial charge in [0.2, 0.25) is 5.91 Å². The third-order valence-corrected chi connectivity index (χ3v) is 7.58. The Hall–Kier alpha value is -4.38. The largest absolute Gasteiger partial charge is 0.507 e. The fourth-order valence-electron chi connectivity index (χ4n) is 5.90. The summed E-state index contributed by atoms with van der Waals surface area (Å²) < 4.78 is 5.33. The molecule has 3 aliphatic rings. The number of phenolic OH excluding ortho intramolecular Hbond substituents is 1. The van der Waals surface area contributed by atoms with E-state index in [4.69, 9.17) is 4.74 Å². The molecule has 3 aliphatic carbocycles. The Kier molecular flexibility index (Phi) is 5.15. The van der Waals surface area contributed by atoms with Gasteiger partial charge < -0.3 is 15.2 Å². The van der Waals surface area contributed by atoms with Crippen LogP contribution in [-0.4, -0.2) is 17.0 Å². The van der Waals surface area contributed by atoms with Crippen molar-refractivity contribution in [3.8, 4) is 11.5 Å². The van der Waals surface area contributed by atoms with Gasteiger partial charge in [0, 0.05) is 23.6 Å². The number of hydrogen-bond donors (Lipinski definition) is 2. The molecule has 0 heterocycles. The van der Waals surface area contributed by atoms with Crippen LogP contribution in [0.1, 0.15) is 57.8 Å². The maximum Gasteiger partial charge on any atom is 0.347 e. The van der Waals surface area contributed by atoms with E-state index in [1.807, 2.05) is 25.1 Å². The molecule has 5 nitrogen and oxygen atoms in total. The van der Waals surface area contributed by atoms with Crippen LogP contribution >= 0.6 is 0 Å². The van der Waals surface area contributed by atoms with Gasteiger partial charge in [0.15, 0.2) is 0 Å². The highest BCUT2D eigenvalue weighted by Crippen LogP contribution is 2.61. The number of benzene rings is 4. The molecule has 0 fully saturated rings. The lowest BCUT2D eigenvalue weighted by molar-refractivity contribution is -0.126. The van der Waals surface area contributed by atoms with Crippen LogP contribution in [-0.2, 0) is 4.79 Å². The molecule has 1 amide bonds. The van der Waals surface area contributed by atoms with E-state index in [-0.39, 0.29) is 29.1 Å². The van der Waals surface area contributed by atoms with Crippen molar-refractivity contribution in [2.24, 2.45) is 5.41 Å². The van der Waals surface area contributed by atoms with E-state index >= 15 is 0 Å². The number of amides is 1. The highest BCUT2D eigenvalue weighted by atomic mass is 16.5. The van der Waals surface area contributed by atoms with Crippen LogP contribution in [0.5, 0.6) is 11.5 Å². The summed E-state index contributed by atoms with van der Waals surface area (Å²) in [5.74, 6) is -0.549. The van der Waals surface area contributed by atoms with E-state index < -0.39 is 11.4 Å². The number of esters is 1. The maximum atomic E-state index is 13.8. The molecule has 0 aliphatic heterocycles. The second-order valence-electron chi connectivity index (χ2n) is 9.75. The zero-order valence-electron chi connectivity index (χ0n) is 19.8. The van der Waals surface area contributed by atoms with Gasteiger partial charge in [-0.1, -0.05) is 66.7 Å². The SMILES string of the molecule is CC1(C(=O)Nc2ccc(C(=O)Oc3ccccc3)c(O)c2)CC2c3ccccc3C1c1ccccc12. The summed E-state index contributed by atoms with van der Waals surface area (Å²) in [6.07, 6.45) is 0.699. The maximum absolute atomic E-state index is 13.8. The minimum absolute atomic E-state index is 0.0302. The standard InChI is InChI=1S/C31H25NO4/c1-31(18-26-21-11-5-7-13-23(21)28(31)24-14-8-6-12-22(24)26)30(35)32-19-15-16-25(27(33)17-19)29(34)36-20-9-3-2-4-10-20/h2-17,26,28,33H,18H2,1H3,(H,32,35). The van der Waals surface area contributed by atoms with Crippen molar-refractivity contribution in [2.45, 2.75) is 25.2 Å². The van der Waals surface area contributed by atoms with E-state index in [0.29, 0.717) is 17.9 Å². The van der Waals surface area contributed by atoms with Gasteiger partial charge in [-0.2, -0.15) is 0 Å². The van der Waals surface area contributed by atoms with Crippen molar-refractivity contribution in [3.05, 3.63) is 125 Å². The van der Waals surface area contributed by atoms with Crippen molar-refractivity contribution in [3.63, 3.8) is 0 Å². The van der Waals surface area contributed by atoms with Gasteiger partial charge in [0.1, 0.15) is 17.1 Å². The Labute approximate surface area is 209 Å². The molecule has 36 heavy (non-hydrogen) atoms. The molecule has 178 valence electrons. The van der Waals surface area contributed by atoms with Gasteiger partial charge in [-0.05, 0) is 59.9 Å². The van der Waals surface area contributed by atoms with Crippen molar-refractivity contribution in [1.82, 2.24) is 0 Å². The van der Waals surface area contributed by atoms with Gasteiger partial charge in [0.05, 0.1) is 5.41 Å².